The Labute approximate surface area is 110 Å². The molecule has 0 aliphatic carbocycles. The lowest BCUT2D eigenvalue weighted by atomic mass is 10.1. The number of benzene rings is 2. The van der Waals surface area contributed by atoms with Gasteiger partial charge in [0, 0.05) is 0 Å². The molecule has 19 heavy (non-hydrogen) atoms. The smallest absolute Gasteiger partial charge is 0.262 e. The fourth-order valence-electron chi connectivity index (χ4n) is 2.04. The maximum Gasteiger partial charge on any atom is 0.262 e. The van der Waals surface area contributed by atoms with Crippen molar-refractivity contribution in [3.05, 3.63) is 65.2 Å². The minimum atomic E-state index is -0.399. The lowest BCUT2D eigenvalue weighted by Crippen LogP contribution is -2.20. The summed E-state index contributed by atoms with van der Waals surface area (Å²) >= 11 is 0. The van der Waals surface area contributed by atoms with Crippen molar-refractivity contribution in [2.24, 2.45) is 0 Å². The van der Waals surface area contributed by atoms with Crippen molar-refractivity contribution in [3.8, 4) is 5.75 Å². The fourth-order valence-corrected chi connectivity index (χ4v) is 2.04. The largest absolute Gasteiger partial charge is 0.488 e. The summed E-state index contributed by atoms with van der Waals surface area (Å²) in [5.41, 5.74) is 1.70. The zero-order chi connectivity index (χ0) is 13.2. The molecule has 0 aromatic heterocycles. The molecule has 2 amide bonds. The van der Waals surface area contributed by atoms with Crippen LogP contribution in [0, 0.1) is 0 Å². The van der Waals surface area contributed by atoms with Crippen LogP contribution in [0.5, 0.6) is 5.75 Å². The van der Waals surface area contributed by atoms with E-state index in [1.54, 1.807) is 18.2 Å². The van der Waals surface area contributed by atoms with E-state index in [0.29, 0.717) is 23.5 Å². The molecule has 1 N–H and O–H groups in total. The molecule has 0 spiro atoms. The van der Waals surface area contributed by atoms with Gasteiger partial charge in [0.2, 0.25) is 0 Å². The first kappa shape index (κ1) is 11.5. The van der Waals surface area contributed by atoms with E-state index >= 15 is 0 Å². The first-order valence-electron chi connectivity index (χ1n) is 5.91. The van der Waals surface area contributed by atoms with Crippen molar-refractivity contribution < 1.29 is 14.3 Å². The molecule has 0 fully saturated rings. The second kappa shape index (κ2) is 4.57. The number of ether oxygens (including phenoxy) is 1. The second-order valence-corrected chi connectivity index (χ2v) is 4.24. The highest BCUT2D eigenvalue weighted by molar-refractivity contribution is 6.22. The van der Waals surface area contributed by atoms with Crippen molar-refractivity contribution in [1.29, 1.82) is 0 Å². The van der Waals surface area contributed by atoms with Crippen molar-refractivity contribution in [2.45, 2.75) is 6.61 Å². The summed E-state index contributed by atoms with van der Waals surface area (Å²) in [6.07, 6.45) is 0. The maximum absolute atomic E-state index is 11.7. The molecule has 4 heteroatoms. The Morgan fingerprint density at radius 1 is 0.895 bits per heavy atom. The van der Waals surface area contributed by atoms with Crippen LogP contribution in [-0.4, -0.2) is 11.8 Å². The number of hydrogen-bond acceptors (Lipinski definition) is 3. The van der Waals surface area contributed by atoms with Gasteiger partial charge >= 0.3 is 0 Å². The molecule has 4 nitrogen and oxygen atoms in total. The van der Waals surface area contributed by atoms with Crippen LogP contribution in [0.2, 0.25) is 0 Å². The zero-order valence-corrected chi connectivity index (χ0v) is 10.1. The quantitative estimate of drug-likeness (QED) is 0.853. The third kappa shape index (κ3) is 2.08. The number of imide groups is 1. The van der Waals surface area contributed by atoms with Gasteiger partial charge in [-0.1, -0.05) is 36.4 Å². The highest BCUT2D eigenvalue weighted by Crippen LogP contribution is 2.26. The Morgan fingerprint density at radius 2 is 1.68 bits per heavy atom. The van der Waals surface area contributed by atoms with Crippen molar-refractivity contribution in [3.63, 3.8) is 0 Å². The van der Waals surface area contributed by atoms with Crippen molar-refractivity contribution in [1.82, 2.24) is 5.32 Å². The van der Waals surface area contributed by atoms with E-state index in [4.69, 9.17) is 4.74 Å². The Balaban J connectivity index is 1.87. The van der Waals surface area contributed by atoms with Crippen LogP contribution in [0.25, 0.3) is 0 Å². The Bertz CT molecular complexity index is 650. The van der Waals surface area contributed by atoms with Crippen LogP contribution in [0.15, 0.2) is 48.5 Å². The van der Waals surface area contributed by atoms with E-state index in [0.717, 1.165) is 5.56 Å². The Kier molecular flexibility index (Phi) is 2.76. The first-order valence-corrected chi connectivity index (χ1v) is 5.91. The van der Waals surface area contributed by atoms with E-state index in [-0.39, 0.29) is 5.91 Å². The molecular weight excluding hydrogens is 242 g/mol. The molecule has 2 aromatic rings. The van der Waals surface area contributed by atoms with Gasteiger partial charge in [0.15, 0.2) is 0 Å². The highest BCUT2D eigenvalue weighted by atomic mass is 16.5. The summed E-state index contributed by atoms with van der Waals surface area (Å²) in [5.74, 6) is -0.335. The van der Waals surface area contributed by atoms with Gasteiger partial charge in [-0.3, -0.25) is 14.9 Å². The van der Waals surface area contributed by atoms with Crippen LogP contribution >= 0.6 is 0 Å². The summed E-state index contributed by atoms with van der Waals surface area (Å²) in [4.78, 5) is 23.2. The first-order chi connectivity index (χ1) is 9.25. The number of fused-ring (bicyclic) bond motifs is 1. The van der Waals surface area contributed by atoms with E-state index in [1.807, 2.05) is 30.3 Å². The van der Waals surface area contributed by atoms with Gasteiger partial charge < -0.3 is 4.74 Å². The van der Waals surface area contributed by atoms with Crippen molar-refractivity contribution >= 4 is 11.8 Å². The standard InChI is InChI=1S/C15H11NO3/c17-14-11-7-4-8-12(13(11)15(18)16-14)19-9-10-5-2-1-3-6-10/h1-8H,9H2,(H,16,17,18). The average molecular weight is 253 g/mol. The average Bonchev–Trinajstić information content (AvgIpc) is 2.74. The third-order valence-electron chi connectivity index (χ3n) is 2.96. The minimum Gasteiger partial charge on any atom is -0.488 e. The molecule has 0 saturated heterocycles. The summed E-state index contributed by atoms with van der Waals surface area (Å²) in [6.45, 7) is 0.360. The van der Waals surface area contributed by atoms with Crippen LogP contribution in [0.4, 0.5) is 0 Å². The molecule has 3 rings (SSSR count). The topological polar surface area (TPSA) is 55.4 Å². The molecule has 1 heterocycles. The molecular formula is C15H11NO3. The van der Waals surface area contributed by atoms with Gasteiger partial charge in [0.05, 0.1) is 11.1 Å². The number of nitrogens with one attached hydrogen (secondary N) is 1. The van der Waals surface area contributed by atoms with Gasteiger partial charge in [-0.2, -0.15) is 0 Å². The number of rotatable bonds is 3. The van der Waals surface area contributed by atoms with Gasteiger partial charge in [-0.15, -0.1) is 0 Å². The molecule has 2 aromatic carbocycles. The van der Waals surface area contributed by atoms with E-state index in [2.05, 4.69) is 5.32 Å². The molecule has 0 atom stereocenters. The van der Waals surface area contributed by atoms with Crippen LogP contribution in [-0.2, 0) is 6.61 Å². The second-order valence-electron chi connectivity index (χ2n) is 4.24. The third-order valence-corrected chi connectivity index (χ3v) is 2.96. The van der Waals surface area contributed by atoms with Gasteiger partial charge in [0.25, 0.3) is 11.8 Å². The summed E-state index contributed by atoms with van der Waals surface area (Å²) in [5, 5.41) is 2.26. The molecule has 1 aliphatic heterocycles. The van der Waals surface area contributed by atoms with Crippen LogP contribution < -0.4 is 10.1 Å². The molecule has 1 aliphatic rings. The highest BCUT2D eigenvalue weighted by Gasteiger charge is 2.29. The van der Waals surface area contributed by atoms with Gasteiger partial charge in [-0.25, -0.2) is 0 Å². The number of carbonyl (C=O) groups is 2. The molecule has 94 valence electrons. The van der Waals surface area contributed by atoms with Gasteiger partial charge in [0.1, 0.15) is 12.4 Å². The molecule has 0 radical (unpaired) electrons. The number of carbonyl (C=O) groups excluding carboxylic acids is 2. The van der Waals surface area contributed by atoms with Crippen molar-refractivity contribution in [2.75, 3.05) is 0 Å². The maximum atomic E-state index is 11.7. The van der Waals surface area contributed by atoms with E-state index in [1.165, 1.54) is 0 Å². The van der Waals surface area contributed by atoms with Crippen LogP contribution in [0.3, 0.4) is 0 Å². The summed E-state index contributed by atoms with van der Waals surface area (Å²) < 4.78 is 5.64. The molecule has 0 saturated carbocycles. The lowest BCUT2D eigenvalue weighted by molar-refractivity contribution is 0.0878. The summed E-state index contributed by atoms with van der Waals surface area (Å²) in [7, 11) is 0. The minimum absolute atomic E-state index is 0.323. The number of amides is 2. The van der Waals surface area contributed by atoms with E-state index in [9.17, 15) is 9.59 Å². The monoisotopic (exact) mass is 253 g/mol. The Morgan fingerprint density at radius 3 is 2.47 bits per heavy atom. The molecule has 0 unspecified atom stereocenters. The Hall–Kier alpha value is -2.62. The normalized spacial score (nSPS) is 13.1. The van der Waals surface area contributed by atoms with E-state index < -0.39 is 5.91 Å². The number of hydrogen-bond donors (Lipinski definition) is 1. The molecule has 0 bridgehead atoms. The fraction of sp³-hybridized carbons (Fsp3) is 0.0667. The predicted octanol–water partition coefficient (Wildman–Crippen LogP) is 2.15. The SMILES string of the molecule is O=C1NC(=O)c2c(OCc3ccccc3)cccc21. The van der Waals surface area contributed by atoms with Gasteiger partial charge in [-0.05, 0) is 17.7 Å². The predicted molar refractivity (Wildman–Crippen MR) is 69.0 cm³/mol. The summed E-state index contributed by atoms with van der Waals surface area (Å²) in [6, 6.07) is 14.7. The van der Waals surface area contributed by atoms with Crippen LogP contribution in [0.1, 0.15) is 26.3 Å². The lowest BCUT2D eigenvalue weighted by Gasteiger charge is -2.08. The zero-order valence-electron chi connectivity index (χ0n) is 10.1.